The van der Waals surface area contributed by atoms with Crippen molar-refractivity contribution in [2.75, 3.05) is 5.73 Å². The lowest BCUT2D eigenvalue weighted by Crippen LogP contribution is -2.00. The van der Waals surface area contributed by atoms with Crippen molar-refractivity contribution in [2.24, 2.45) is 0 Å². The van der Waals surface area contributed by atoms with Gasteiger partial charge in [-0.05, 0) is 47.3 Å². The lowest BCUT2D eigenvalue weighted by molar-refractivity contribution is 0.0697. The van der Waals surface area contributed by atoms with Gasteiger partial charge >= 0.3 is 5.97 Å². The van der Waals surface area contributed by atoms with Crippen LogP contribution < -0.4 is 11.2 Å². The fraction of sp³-hybridized carbons (Fsp3) is 0. The molecule has 5 heteroatoms. The molecule has 0 aliphatic rings. The highest BCUT2D eigenvalue weighted by Gasteiger charge is 2.08. The van der Waals surface area contributed by atoms with Crippen molar-refractivity contribution in [1.82, 2.24) is 4.98 Å². The molecule has 0 fully saturated rings. The van der Waals surface area contributed by atoms with Crippen LogP contribution in [0.4, 0.5) is 5.69 Å². The van der Waals surface area contributed by atoms with Gasteiger partial charge in [0, 0.05) is 28.2 Å². The molecular formula is C21H14N2O3. The highest BCUT2D eigenvalue weighted by molar-refractivity contribution is 5.94. The molecule has 4 aromatic rings. The van der Waals surface area contributed by atoms with E-state index in [0.29, 0.717) is 22.0 Å². The van der Waals surface area contributed by atoms with Crippen LogP contribution in [-0.4, -0.2) is 16.1 Å². The highest BCUT2D eigenvalue weighted by Crippen LogP contribution is 2.23. The maximum absolute atomic E-state index is 13.0. The predicted molar refractivity (Wildman–Crippen MR) is 102 cm³/mol. The third kappa shape index (κ3) is 2.65. The van der Waals surface area contributed by atoms with Gasteiger partial charge in [-0.1, -0.05) is 24.3 Å². The molecule has 0 bridgehead atoms. The molecule has 0 spiro atoms. The Balaban J connectivity index is 1.96. The molecule has 0 saturated heterocycles. The smallest absolute Gasteiger partial charge is 0.335 e. The monoisotopic (exact) mass is 342 g/mol. The second-order valence-corrected chi connectivity index (χ2v) is 6.05. The average Bonchev–Trinajstić information content (AvgIpc) is 2.79. The summed E-state index contributed by atoms with van der Waals surface area (Å²) < 4.78 is 0. The number of rotatable bonds is 2. The molecule has 0 unspecified atom stereocenters. The third-order valence-corrected chi connectivity index (χ3v) is 4.37. The van der Waals surface area contributed by atoms with E-state index in [1.807, 2.05) is 18.2 Å². The molecule has 5 nitrogen and oxygen atoms in total. The van der Waals surface area contributed by atoms with E-state index >= 15 is 0 Å². The fourth-order valence-electron chi connectivity index (χ4n) is 2.98. The molecule has 0 aliphatic carbocycles. The van der Waals surface area contributed by atoms with Gasteiger partial charge in [0.05, 0.1) is 11.1 Å². The van der Waals surface area contributed by atoms with E-state index in [2.05, 4.69) is 4.98 Å². The van der Waals surface area contributed by atoms with E-state index in [0.717, 1.165) is 16.5 Å². The largest absolute Gasteiger partial charge is 0.478 e. The number of fused-ring (bicyclic) bond motifs is 2. The van der Waals surface area contributed by atoms with Gasteiger partial charge in [0.25, 0.3) is 0 Å². The number of aromatic carboxylic acids is 1. The van der Waals surface area contributed by atoms with Gasteiger partial charge in [0.15, 0.2) is 5.43 Å². The van der Waals surface area contributed by atoms with Crippen LogP contribution in [0.25, 0.3) is 32.8 Å². The van der Waals surface area contributed by atoms with Crippen molar-refractivity contribution >= 4 is 33.3 Å². The standard InChI is InChI=1S/C21H14N2O3/c22-16-7-5-13-6-8-19-18(20(24)17(13)10-16)9-15(11-23-19)12-1-3-14(4-2-12)21(25)26/h1-11H,22H2,(H,25,26). The molecule has 0 saturated carbocycles. The third-order valence-electron chi connectivity index (χ3n) is 4.37. The van der Waals surface area contributed by atoms with Gasteiger partial charge in [0.2, 0.25) is 0 Å². The van der Waals surface area contributed by atoms with Gasteiger partial charge in [-0.2, -0.15) is 0 Å². The van der Waals surface area contributed by atoms with Gasteiger partial charge in [-0.25, -0.2) is 4.79 Å². The average molecular weight is 342 g/mol. The molecule has 0 aliphatic heterocycles. The minimum absolute atomic E-state index is 0.135. The summed E-state index contributed by atoms with van der Waals surface area (Å²) in [6.07, 6.45) is 1.68. The SMILES string of the molecule is Nc1ccc2ccc3ncc(-c4ccc(C(=O)O)cc4)cc3c(=O)c2c1. The van der Waals surface area contributed by atoms with Gasteiger partial charge in [0.1, 0.15) is 0 Å². The van der Waals surface area contributed by atoms with Crippen molar-refractivity contribution in [3.05, 3.63) is 82.6 Å². The lowest BCUT2D eigenvalue weighted by Gasteiger charge is -2.03. The van der Waals surface area contributed by atoms with Gasteiger partial charge < -0.3 is 10.8 Å². The first-order valence-corrected chi connectivity index (χ1v) is 7.99. The first-order chi connectivity index (χ1) is 12.5. The Hall–Kier alpha value is -3.73. The Morgan fingerprint density at radius 3 is 2.35 bits per heavy atom. The van der Waals surface area contributed by atoms with Crippen LogP contribution in [0.15, 0.2) is 71.7 Å². The Labute approximate surface area is 148 Å². The summed E-state index contributed by atoms with van der Waals surface area (Å²) in [5.41, 5.74) is 8.57. The fourth-order valence-corrected chi connectivity index (χ4v) is 2.98. The molecule has 0 atom stereocenters. The maximum atomic E-state index is 13.0. The van der Waals surface area contributed by atoms with E-state index in [1.165, 1.54) is 12.1 Å². The second-order valence-electron chi connectivity index (χ2n) is 6.05. The zero-order chi connectivity index (χ0) is 18.3. The second kappa shape index (κ2) is 5.97. The Morgan fingerprint density at radius 1 is 0.885 bits per heavy atom. The summed E-state index contributed by atoms with van der Waals surface area (Å²) >= 11 is 0. The van der Waals surface area contributed by atoms with E-state index in [4.69, 9.17) is 10.8 Å². The van der Waals surface area contributed by atoms with Crippen LogP contribution in [0, 0.1) is 0 Å². The normalized spacial score (nSPS) is 10.9. The first-order valence-electron chi connectivity index (χ1n) is 7.99. The summed E-state index contributed by atoms with van der Waals surface area (Å²) in [6.45, 7) is 0. The van der Waals surface area contributed by atoms with Crippen LogP contribution in [0.3, 0.4) is 0 Å². The molecule has 0 amide bonds. The number of aromatic nitrogens is 1. The number of nitrogens with zero attached hydrogens (tertiary/aromatic N) is 1. The minimum atomic E-state index is -0.980. The zero-order valence-corrected chi connectivity index (χ0v) is 13.6. The Morgan fingerprint density at radius 2 is 1.62 bits per heavy atom. The van der Waals surface area contributed by atoms with E-state index in [1.54, 1.807) is 36.5 Å². The summed E-state index contributed by atoms with van der Waals surface area (Å²) in [5, 5.41) is 10.8. The van der Waals surface area contributed by atoms with Gasteiger partial charge in [-0.3, -0.25) is 9.78 Å². The summed E-state index contributed by atoms with van der Waals surface area (Å²) in [4.78, 5) is 28.4. The van der Waals surface area contributed by atoms with Crippen LogP contribution in [0.2, 0.25) is 0 Å². The number of pyridine rings is 1. The number of benzene rings is 2. The van der Waals surface area contributed by atoms with Crippen LogP contribution in [0.5, 0.6) is 0 Å². The Kier molecular flexibility index (Phi) is 3.62. The number of carbonyl (C=O) groups is 1. The molecule has 0 radical (unpaired) electrons. The summed E-state index contributed by atoms with van der Waals surface area (Å²) in [5.74, 6) is -0.980. The number of anilines is 1. The number of hydrogen-bond acceptors (Lipinski definition) is 4. The van der Waals surface area contributed by atoms with Crippen molar-refractivity contribution in [2.45, 2.75) is 0 Å². The first kappa shape index (κ1) is 15.8. The molecule has 126 valence electrons. The van der Waals surface area contributed by atoms with E-state index in [9.17, 15) is 9.59 Å². The summed E-state index contributed by atoms with van der Waals surface area (Å²) in [7, 11) is 0. The number of carboxylic acids is 1. The number of hydrogen-bond donors (Lipinski definition) is 2. The van der Waals surface area contributed by atoms with Gasteiger partial charge in [-0.15, -0.1) is 0 Å². The van der Waals surface area contributed by atoms with Crippen LogP contribution in [0.1, 0.15) is 10.4 Å². The predicted octanol–water partition coefficient (Wildman–Crippen LogP) is 3.70. The van der Waals surface area contributed by atoms with Crippen LogP contribution in [-0.2, 0) is 0 Å². The molecule has 26 heavy (non-hydrogen) atoms. The van der Waals surface area contributed by atoms with Crippen molar-refractivity contribution in [3.8, 4) is 11.1 Å². The van der Waals surface area contributed by atoms with Crippen LogP contribution >= 0.6 is 0 Å². The molecular weight excluding hydrogens is 328 g/mol. The van der Waals surface area contributed by atoms with E-state index < -0.39 is 5.97 Å². The molecule has 4 rings (SSSR count). The maximum Gasteiger partial charge on any atom is 0.335 e. The topological polar surface area (TPSA) is 93.3 Å². The highest BCUT2D eigenvalue weighted by atomic mass is 16.4. The molecule has 1 aromatic heterocycles. The zero-order valence-electron chi connectivity index (χ0n) is 13.6. The molecule has 3 aromatic carbocycles. The number of carboxylic acid groups (broad SMARTS) is 1. The van der Waals surface area contributed by atoms with Crippen molar-refractivity contribution in [3.63, 3.8) is 0 Å². The Bertz CT molecular complexity index is 1230. The molecule has 3 N–H and O–H groups in total. The minimum Gasteiger partial charge on any atom is -0.478 e. The van der Waals surface area contributed by atoms with Crippen molar-refractivity contribution < 1.29 is 9.90 Å². The molecule has 1 heterocycles. The number of nitrogen functional groups attached to an aromatic ring is 1. The quantitative estimate of drug-likeness (QED) is 0.542. The summed E-state index contributed by atoms with van der Waals surface area (Å²) in [6, 6.07) is 17.2. The lowest BCUT2D eigenvalue weighted by atomic mass is 10.0. The van der Waals surface area contributed by atoms with E-state index in [-0.39, 0.29) is 11.0 Å². The number of nitrogens with two attached hydrogens (primary N) is 1. The van der Waals surface area contributed by atoms with Crippen molar-refractivity contribution in [1.29, 1.82) is 0 Å².